The van der Waals surface area contributed by atoms with E-state index in [0.717, 1.165) is 23.5 Å². The maximum Gasteiger partial charge on any atom is 0.262 e. The third-order valence-electron chi connectivity index (χ3n) is 7.94. The number of aryl methyl sites for hydroxylation is 1. The summed E-state index contributed by atoms with van der Waals surface area (Å²) in [5.41, 5.74) is 4.87. The second-order valence-electron chi connectivity index (χ2n) is 11.1. The molecule has 0 saturated carbocycles. The van der Waals surface area contributed by atoms with Gasteiger partial charge in [-0.25, -0.2) is 8.42 Å². The number of unbranched alkanes of at least 4 members (excludes halogenated alkanes) is 3. The van der Waals surface area contributed by atoms with Crippen LogP contribution in [0.1, 0.15) is 44.0 Å². The Labute approximate surface area is 268 Å². The van der Waals surface area contributed by atoms with Gasteiger partial charge in [-0.2, -0.15) is 4.57 Å². The lowest BCUT2D eigenvalue weighted by Crippen LogP contribution is -2.35. The van der Waals surface area contributed by atoms with E-state index in [2.05, 4.69) is 113 Å². The highest BCUT2D eigenvalue weighted by molar-refractivity contribution is 8.03. The molecule has 44 heavy (non-hydrogen) atoms. The van der Waals surface area contributed by atoms with Crippen LogP contribution in [0.3, 0.4) is 0 Å². The van der Waals surface area contributed by atoms with E-state index < -0.39 is 10.1 Å². The van der Waals surface area contributed by atoms with Crippen LogP contribution in [0.4, 0.5) is 5.69 Å². The number of nitrogens with zero attached hydrogens (tertiary/aromatic N) is 2. The minimum atomic E-state index is -4.22. The van der Waals surface area contributed by atoms with Crippen LogP contribution in [-0.2, 0) is 16.7 Å². The number of aromatic nitrogens is 1. The van der Waals surface area contributed by atoms with E-state index in [1.54, 1.807) is 11.3 Å². The Morgan fingerprint density at radius 2 is 1.70 bits per heavy atom. The van der Waals surface area contributed by atoms with Gasteiger partial charge in [-0.1, -0.05) is 110 Å². The zero-order valence-electron chi connectivity index (χ0n) is 24.8. The van der Waals surface area contributed by atoms with Gasteiger partial charge in [0.1, 0.15) is 4.70 Å². The highest BCUT2D eigenvalue weighted by Gasteiger charge is 2.25. The summed E-state index contributed by atoms with van der Waals surface area (Å²) in [4.78, 5) is 3.74. The molecule has 226 valence electrons. The molecule has 1 aliphatic heterocycles. The molecule has 1 aliphatic rings. The summed E-state index contributed by atoms with van der Waals surface area (Å²) < 4.78 is 37.1. The van der Waals surface area contributed by atoms with Gasteiger partial charge in [-0.05, 0) is 59.7 Å². The summed E-state index contributed by atoms with van der Waals surface area (Å²) in [6, 6.07) is 30.0. The molecule has 0 bridgehead atoms. The number of benzene rings is 4. The van der Waals surface area contributed by atoms with E-state index in [-0.39, 0.29) is 5.75 Å². The fourth-order valence-electron chi connectivity index (χ4n) is 5.77. The molecule has 4 aromatic carbocycles. The molecule has 0 spiro atoms. The number of thioether (sulfide) groups is 1. The Hall–Kier alpha value is -3.43. The summed E-state index contributed by atoms with van der Waals surface area (Å²) >= 11 is 3.55. The first-order chi connectivity index (χ1) is 21.4. The van der Waals surface area contributed by atoms with Gasteiger partial charge >= 0.3 is 0 Å². The summed E-state index contributed by atoms with van der Waals surface area (Å²) in [5.74, 6) is -0.328. The summed E-state index contributed by atoms with van der Waals surface area (Å²) in [7, 11) is -4.22. The molecule has 0 saturated heterocycles. The first-order valence-electron chi connectivity index (χ1n) is 15.2. The van der Waals surface area contributed by atoms with E-state index in [1.165, 1.54) is 55.1 Å². The molecule has 5 aromatic rings. The van der Waals surface area contributed by atoms with Gasteiger partial charge in [0.25, 0.3) is 5.01 Å². The van der Waals surface area contributed by atoms with Crippen LogP contribution in [0.15, 0.2) is 107 Å². The number of anilines is 1. The van der Waals surface area contributed by atoms with Crippen LogP contribution in [0, 0.1) is 0 Å². The van der Waals surface area contributed by atoms with Crippen molar-refractivity contribution in [2.24, 2.45) is 0 Å². The van der Waals surface area contributed by atoms with Crippen LogP contribution < -0.4 is 9.47 Å². The second kappa shape index (κ2) is 13.7. The van der Waals surface area contributed by atoms with Crippen molar-refractivity contribution in [2.75, 3.05) is 17.2 Å². The Morgan fingerprint density at radius 3 is 2.52 bits per heavy atom. The number of rotatable bonds is 12. The van der Waals surface area contributed by atoms with Crippen LogP contribution >= 0.6 is 23.1 Å². The number of hydrogen-bond acceptors (Lipinski definition) is 6. The van der Waals surface area contributed by atoms with Gasteiger partial charge in [0.15, 0.2) is 6.54 Å². The van der Waals surface area contributed by atoms with Crippen LogP contribution in [0.25, 0.3) is 38.2 Å². The highest BCUT2D eigenvalue weighted by Crippen LogP contribution is 2.47. The lowest BCUT2D eigenvalue weighted by Gasteiger charge is -2.20. The summed E-state index contributed by atoms with van der Waals surface area (Å²) in [6.45, 7) is 3.86. The Morgan fingerprint density at radius 1 is 0.886 bits per heavy atom. The van der Waals surface area contributed by atoms with Crippen molar-refractivity contribution < 1.29 is 17.5 Å². The molecule has 6 rings (SSSR count). The maximum atomic E-state index is 11.2. The van der Waals surface area contributed by atoms with Crippen molar-refractivity contribution in [3.05, 3.63) is 107 Å². The molecule has 0 amide bonds. The average molecular weight is 641 g/mol. The molecule has 8 heteroatoms. The Balaban J connectivity index is 1.32. The van der Waals surface area contributed by atoms with Gasteiger partial charge in [-0.15, -0.1) is 0 Å². The maximum absolute atomic E-state index is 11.2. The summed E-state index contributed by atoms with van der Waals surface area (Å²) in [6.07, 6.45) is 11.0. The van der Waals surface area contributed by atoms with Crippen LogP contribution in [0.2, 0.25) is 0 Å². The monoisotopic (exact) mass is 640 g/mol. The lowest BCUT2D eigenvalue weighted by molar-refractivity contribution is -0.668. The fourth-order valence-corrected chi connectivity index (χ4v) is 8.52. The van der Waals surface area contributed by atoms with Crippen molar-refractivity contribution >= 4 is 66.0 Å². The van der Waals surface area contributed by atoms with Crippen LogP contribution in [-0.4, -0.2) is 25.3 Å². The minimum absolute atomic E-state index is 0.328. The minimum Gasteiger partial charge on any atom is -0.748 e. The third-order valence-corrected chi connectivity index (χ3v) is 11.0. The number of hydrogen-bond donors (Lipinski definition) is 0. The first-order valence-corrected chi connectivity index (χ1v) is 18.4. The van der Waals surface area contributed by atoms with Gasteiger partial charge in [-0.3, -0.25) is 0 Å². The van der Waals surface area contributed by atoms with Gasteiger partial charge in [0, 0.05) is 29.7 Å². The van der Waals surface area contributed by atoms with E-state index in [0.29, 0.717) is 19.4 Å². The van der Waals surface area contributed by atoms with Crippen molar-refractivity contribution in [1.29, 1.82) is 0 Å². The molecular formula is C36H36N2O3S3. The standard InChI is InChI=1S/C36H36N2O3S3/c1-2-3-9-23-37-31-26-29(27-13-5-4-6-14-27)20-21-32(31)42-34(37)17-12-18-35-38(24-10-11-25-44(39,40)41)36-30-16-8-7-15-28(30)19-22-33(36)43-35/h4-8,12-22,26H,2-3,9-11,23-25H2,1H3. The first kappa shape index (κ1) is 30.6. The number of thiazole rings is 1. The zero-order chi connectivity index (χ0) is 30.5. The molecule has 0 aliphatic carbocycles. The van der Waals surface area contributed by atoms with Crippen LogP contribution in [0.5, 0.6) is 0 Å². The number of allylic oxidation sites excluding steroid dienone is 2. The normalized spacial score (nSPS) is 14.4. The molecule has 0 radical (unpaired) electrons. The van der Waals surface area contributed by atoms with E-state index in [9.17, 15) is 13.0 Å². The second-order valence-corrected chi connectivity index (χ2v) is 14.7. The van der Waals surface area contributed by atoms with Crippen molar-refractivity contribution in [2.45, 2.75) is 50.5 Å². The fraction of sp³-hybridized carbons (Fsp3) is 0.250. The average Bonchev–Trinajstić information content (AvgIpc) is 3.56. The van der Waals surface area contributed by atoms with E-state index in [4.69, 9.17) is 0 Å². The highest BCUT2D eigenvalue weighted by atomic mass is 32.2. The van der Waals surface area contributed by atoms with E-state index in [1.807, 2.05) is 17.8 Å². The lowest BCUT2D eigenvalue weighted by atomic mass is 10.0. The summed E-state index contributed by atoms with van der Waals surface area (Å²) in [5, 5.41) is 4.66. The number of fused-ring (bicyclic) bond motifs is 4. The SMILES string of the molecule is CCCCCN1/C(=C/C=C/c2sc3ccc4ccccc4c3[n+]2CCCCS(=O)(=O)[O-])Sc2ccc(-c3ccccc3)cc21. The topological polar surface area (TPSA) is 64.3 Å². The van der Waals surface area contributed by atoms with Crippen molar-refractivity contribution in [1.82, 2.24) is 0 Å². The smallest absolute Gasteiger partial charge is 0.262 e. The predicted molar refractivity (Wildman–Crippen MR) is 185 cm³/mol. The van der Waals surface area contributed by atoms with E-state index >= 15 is 0 Å². The van der Waals surface area contributed by atoms with Crippen molar-refractivity contribution in [3.63, 3.8) is 0 Å². The van der Waals surface area contributed by atoms with Gasteiger partial charge in [0.2, 0.25) is 5.52 Å². The van der Waals surface area contributed by atoms with Gasteiger partial charge < -0.3 is 9.45 Å². The third kappa shape index (κ3) is 6.94. The van der Waals surface area contributed by atoms with Crippen molar-refractivity contribution in [3.8, 4) is 11.1 Å². The quantitative estimate of drug-likeness (QED) is 0.0774. The molecule has 1 aromatic heterocycles. The zero-order valence-corrected chi connectivity index (χ0v) is 27.3. The molecule has 0 fully saturated rings. The molecule has 0 N–H and O–H groups in total. The molecular weight excluding hydrogens is 605 g/mol. The van der Waals surface area contributed by atoms with Gasteiger partial charge in [0.05, 0.1) is 26.2 Å². The Kier molecular flexibility index (Phi) is 9.52. The molecule has 5 nitrogen and oxygen atoms in total. The largest absolute Gasteiger partial charge is 0.748 e. The molecule has 2 heterocycles. The Bertz CT molecular complexity index is 1950. The molecule has 0 atom stereocenters. The molecule has 0 unspecified atom stereocenters. The predicted octanol–water partition coefficient (Wildman–Crippen LogP) is 8.99.